The maximum absolute atomic E-state index is 13.9. The molecule has 2 aromatic rings. The van der Waals surface area contributed by atoms with Crippen molar-refractivity contribution >= 4 is 21.6 Å². The summed E-state index contributed by atoms with van der Waals surface area (Å²) in [5, 5.41) is 10.2. The van der Waals surface area contributed by atoms with Gasteiger partial charge in [-0.2, -0.15) is 17.5 Å². The molecule has 0 radical (unpaired) electrons. The van der Waals surface area contributed by atoms with Gasteiger partial charge >= 0.3 is 6.18 Å². The van der Waals surface area contributed by atoms with E-state index in [1.54, 1.807) is 0 Å². The van der Waals surface area contributed by atoms with Gasteiger partial charge in [-0.15, -0.1) is 0 Å². The molecular weight excluding hydrogens is 460 g/mol. The van der Waals surface area contributed by atoms with E-state index in [0.29, 0.717) is 18.2 Å². The number of piperidine rings is 1. The molecule has 30 heavy (non-hydrogen) atoms. The third kappa shape index (κ3) is 4.03. The summed E-state index contributed by atoms with van der Waals surface area (Å²) in [7, 11) is -4.56. The molecule has 1 saturated heterocycles. The minimum Gasteiger partial charge on any atom is -0.385 e. The number of hydrogen-bond acceptors (Lipinski definition) is 3. The molecule has 1 aliphatic heterocycles. The summed E-state index contributed by atoms with van der Waals surface area (Å²) in [5.74, 6) is -5.36. The van der Waals surface area contributed by atoms with Crippen molar-refractivity contribution < 1.29 is 39.9 Å². The van der Waals surface area contributed by atoms with Crippen LogP contribution < -0.4 is 0 Å². The van der Waals surface area contributed by atoms with Crippen LogP contribution in [-0.2, 0) is 21.8 Å². The Balaban J connectivity index is 1.86. The molecule has 1 aliphatic rings. The number of alkyl halides is 3. The first-order valence-electron chi connectivity index (χ1n) is 8.50. The van der Waals surface area contributed by atoms with Crippen molar-refractivity contribution in [1.29, 1.82) is 0 Å². The molecule has 3 rings (SSSR count). The van der Waals surface area contributed by atoms with Gasteiger partial charge in [0.25, 0.3) is 0 Å². The molecular formula is C18H14ClF6NO3S. The largest absolute Gasteiger partial charge is 0.417 e. The lowest BCUT2D eigenvalue weighted by atomic mass is 9.84. The maximum atomic E-state index is 13.9. The fourth-order valence-corrected chi connectivity index (χ4v) is 4.99. The monoisotopic (exact) mass is 473 g/mol. The standard InChI is InChI=1S/C18H14ClF6NO3S/c19-12-2-1-10(9-11(12)18(23,24)25)17(27)5-7-26(8-6-17)30(28,29)14-4-3-13(20)15(21)16(14)22/h1-4,9,27H,5-8H2. The van der Waals surface area contributed by atoms with Crippen molar-refractivity contribution in [3.8, 4) is 0 Å². The third-order valence-electron chi connectivity index (χ3n) is 4.98. The van der Waals surface area contributed by atoms with Crippen molar-refractivity contribution in [1.82, 2.24) is 4.31 Å². The van der Waals surface area contributed by atoms with Crippen molar-refractivity contribution in [2.24, 2.45) is 0 Å². The quantitative estimate of drug-likeness (QED) is 0.529. The summed E-state index contributed by atoms with van der Waals surface area (Å²) in [6, 6.07) is 3.94. The Morgan fingerprint density at radius 3 is 2.17 bits per heavy atom. The zero-order chi connectivity index (χ0) is 22.5. The number of aliphatic hydroxyl groups is 1. The Morgan fingerprint density at radius 1 is 1.00 bits per heavy atom. The molecule has 2 aromatic carbocycles. The Morgan fingerprint density at radius 2 is 1.60 bits per heavy atom. The normalized spacial score (nSPS) is 17.9. The fraction of sp³-hybridized carbons (Fsp3) is 0.333. The molecule has 0 bridgehead atoms. The van der Waals surface area contributed by atoms with E-state index in [4.69, 9.17) is 11.6 Å². The minimum atomic E-state index is -4.75. The predicted molar refractivity (Wildman–Crippen MR) is 94.7 cm³/mol. The van der Waals surface area contributed by atoms with Gasteiger partial charge in [0.15, 0.2) is 17.5 Å². The van der Waals surface area contributed by atoms with Crippen molar-refractivity contribution in [3.05, 3.63) is 63.9 Å². The van der Waals surface area contributed by atoms with Gasteiger partial charge in [0.2, 0.25) is 10.0 Å². The van der Waals surface area contributed by atoms with Crippen LogP contribution in [0, 0.1) is 17.5 Å². The maximum Gasteiger partial charge on any atom is 0.417 e. The average molecular weight is 474 g/mol. The second-order valence-corrected chi connectivity index (χ2v) is 9.12. The Bertz CT molecular complexity index is 1080. The molecule has 0 atom stereocenters. The van der Waals surface area contributed by atoms with Gasteiger partial charge in [-0.05, 0) is 42.7 Å². The van der Waals surface area contributed by atoms with Crippen LogP contribution in [0.4, 0.5) is 26.3 Å². The molecule has 1 fully saturated rings. The van der Waals surface area contributed by atoms with Gasteiger partial charge in [0.05, 0.1) is 16.2 Å². The third-order valence-corrected chi connectivity index (χ3v) is 7.22. The van der Waals surface area contributed by atoms with Crippen molar-refractivity contribution in [2.75, 3.05) is 13.1 Å². The molecule has 0 aromatic heterocycles. The SMILES string of the molecule is O=S(=O)(c1ccc(F)c(F)c1F)N1CCC(O)(c2ccc(Cl)c(C(F)(F)F)c2)CC1. The van der Waals surface area contributed by atoms with Crippen LogP contribution in [0.1, 0.15) is 24.0 Å². The number of benzene rings is 2. The lowest BCUT2D eigenvalue weighted by Gasteiger charge is -2.38. The molecule has 12 heteroatoms. The number of rotatable bonds is 3. The first kappa shape index (κ1) is 22.9. The van der Waals surface area contributed by atoms with E-state index < -0.39 is 54.7 Å². The van der Waals surface area contributed by atoms with Crippen LogP contribution in [0.3, 0.4) is 0 Å². The van der Waals surface area contributed by atoms with E-state index in [9.17, 15) is 39.9 Å². The van der Waals surface area contributed by atoms with Gasteiger partial charge in [0.1, 0.15) is 4.90 Å². The molecule has 0 spiro atoms. The van der Waals surface area contributed by atoms with Gasteiger partial charge < -0.3 is 5.11 Å². The minimum absolute atomic E-state index is 0.102. The lowest BCUT2D eigenvalue weighted by Crippen LogP contribution is -2.45. The first-order chi connectivity index (χ1) is 13.8. The highest BCUT2D eigenvalue weighted by atomic mass is 35.5. The number of nitrogens with zero attached hydrogens (tertiary/aromatic N) is 1. The fourth-order valence-electron chi connectivity index (χ4n) is 3.26. The summed E-state index contributed by atoms with van der Waals surface area (Å²) >= 11 is 5.57. The van der Waals surface area contributed by atoms with E-state index in [-0.39, 0.29) is 31.5 Å². The highest BCUT2D eigenvalue weighted by Gasteiger charge is 2.41. The van der Waals surface area contributed by atoms with Crippen molar-refractivity contribution in [2.45, 2.75) is 29.5 Å². The number of halogens is 7. The molecule has 0 aliphatic carbocycles. The average Bonchev–Trinajstić information content (AvgIpc) is 2.65. The Hall–Kier alpha value is -1.82. The molecule has 1 N–H and O–H groups in total. The Labute approximate surface area is 172 Å². The molecule has 0 unspecified atom stereocenters. The van der Waals surface area contributed by atoms with Crippen LogP contribution >= 0.6 is 11.6 Å². The topological polar surface area (TPSA) is 57.6 Å². The molecule has 1 heterocycles. The van der Waals surface area contributed by atoms with E-state index in [1.807, 2.05) is 0 Å². The summed E-state index contributed by atoms with van der Waals surface area (Å²) < 4.78 is 106. The van der Waals surface area contributed by atoms with Crippen LogP contribution in [-0.4, -0.2) is 30.9 Å². The molecule has 0 amide bonds. The highest BCUT2D eigenvalue weighted by molar-refractivity contribution is 7.89. The van der Waals surface area contributed by atoms with Gasteiger partial charge in [-0.3, -0.25) is 0 Å². The van der Waals surface area contributed by atoms with Gasteiger partial charge in [-0.1, -0.05) is 17.7 Å². The summed E-state index contributed by atoms with van der Waals surface area (Å²) in [4.78, 5) is -1.07. The van der Waals surface area contributed by atoms with Crippen molar-refractivity contribution in [3.63, 3.8) is 0 Å². The van der Waals surface area contributed by atoms with Gasteiger partial charge in [0, 0.05) is 13.1 Å². The lowest BCUT2D eigenvalue weighted by molar-refractivity contribution is -0.137. The first-order valence-corrected chi connectivity index (χ1v) is 10.3. The molecule has 164 valence electrons. The van der Waals surface area contributed by atoms with E-state index in [2.05, 4.69) is 0 Å². The Kier molecular flexibility index (Phi) is 5.87. The van der Waals surface area contributed by atoms with E-state index in [1.165, 1.54) is 6.07 Å². The summed E-state index contributed by atoms with van der Waals surface area (Å²) in [5.41, 5.74) is -3.03. The highest BCUT2D eigenvalue weighted by Crippen LogP contribution is 2.40. The molecule has 4 nitrogen and oxygen atoms in total. The predicted octanol–water partition coefficient (Wildman–Crippen LogP) is 4.45. The second kappa shape index (κ2) is 7.70. The van der Waals surface area contributed by atoms with E-state index >= 15 is 0 Å². The summed E-state index contributed by atoms with van der Waals surface area (Å²) in [6.07, 6.45) is -5.37. The van der Waals surface area contributed by atoms with Crippen LogP contribution in [0.5, 0.6) is 0 Å². The van der Waals surface area contributed by atoms with Crippen LogP contribution in [0.25, 0.3) is 0 Å². The number of sulfonamides is 1. The van der Waals surface area contributed by atoms with E-state index in [0.717, 1.165) is 10.4 Å². The number of hydrogen-bond donors (Lipinski definition) is 1. The smallest absolute Gasteiger partial charge is 0.385 e. The molecule has 0 saturated carbocycles. The van der Waals surface area contributed by atoms with Crippen LogP contribution in [0.2, 0.25) is 5.02 Å². The van der Waals surface area contributed by atoms with Crippen LogP contribution in [0.15, 0.2) is 35.2 Å². The van der Waals surface area contributed by atoms with Gasteiger partial charge in [-0.25, -0.2) is 21.6 Å². The zero-order valence-corrected chi connectivity index (χ0v) is 16.6. The zero-order valence-electron chi connectivity index (χ0n) is 15.0. The second-order valence-electron chi connectivity index (χ2n) is 6.80. The summed E-state index contributed by atoms with van der Waals surface area (Å²) in [6.45, 7) is -0.775.